The summed E-state index contributed by atoms with van der Waals surface area (Å²) in [7, 11) is 0. The minimum absolute atomic E-state index is 0.131. The molecule has 1 aromatic rings. The monoisotopic (exact) mass is 294 g/mol. The first kappa shape index (κ1) is 16.2. The van der Waals surface area contributed by atoms with Crippen LogP contribution >= 0.6 is 0 Å². The summed E-state index contributed by atoms with van der Waals surface area (Å²) in [4.78, 5) is 2.25. The molecule has 118 valence electrons. The average Bonchev–Trinajstić information content (AvgIpc) is 2.49. The van der Waals surface area contributed by atoms with Crippen LogP contribution in [0.2, 0.25) is 0 Å². The Morgan fingerprint density at radius 1 is 1.38 bits per heavy atom. The molecule has 1 saturated heterocycles. The van der Waals surface area contributed by atoms with E-state index in [4.69, 9.17) is 0 Å². The predicted molar refractivity (Wildman–Crippen MR) is 85.0 cm³/mol. The lowest BCUT2D eigenvalue weighted by Crippen LogP contribution is -2.37. The van der Waals surface area contributed by atoms with Crippen LogP contribution in [0, 0.1) is 11.7 Å². The van der Waals surface area contributed by atoms with E-state index in [1.54, 1.807) is 6.07 Å². The fourth-order valence-corrected chi connectivity index (χ4v) is 3.03. The molecular formula is C17H27FN2O. The van der Waals surface area contributed by atoms with Crippen molar-refractivity contribution in [2.75, 3.05) is 24.5 Å². The van der Waals surface area contributed by atoms with Gasteiger partial charge >= 0.3 is 0 Å². The van der Waals surface area contributed by atoms with Crippen LogP contribution in [0.15, 0.2) is 18.2 Å². The maximum Gasteiger partial charge on any atom is 0.129 e. The third-order valence-corrected chi connectivity index (χ3v) is 4.39. The fourth-order valence-electron chi connectivity index (χ4n) is 3.03. The standard InChI is InChI=1S/C17H27FN2O/c1-3-9-19-12-15-16(18)5-4-6-17(15)20-10-7-14(8-11-20)13(2)21/h4-6,13-14,19,21H,3,7-12H2,1-2H3. The zero-order chi connectivity index (χ0) is 15.2. The van der Waals surface area contributed by atoms with Gasteiger partial charge in [0.25, 0.3) is 0 Å². The van der Waals surface area contributed by atoms with Crippen molar-refractivity contribution in [1.82, 2.24) is 5.32 Å². The van der Waals surface area contributed by atoms with Crippen molar-refractivity contribution < 1.29 is 9.50 Å². The largest absolute Gasteiger partial charge is 0.393 e. The van der Waals surface area contributed by atoms with Crippen molar-refractivity contribution in [2.45, 2.75) is 45.8 Å². The maximum atomic E-state index is 14.1. The number of anilines is 1. The number of hydrogen-bond donors (Lipinski definition) is 2. The lowest BCUT2D eigenvalue weighted by atomic mass is 9.91. The number of aliphatic hydroxyl groups excluding tert-OH is 1. The van der Waals surface area contributed by atoms with E-state index in [9.17, 15) is 9.50 Å². The molecule has 3 nitrogen and oxygen atoms in total. The van der Waals surface area contributed by atoms with Crippen LogP contribution in [-0.2, 0) is 6.54 Å². The Bertz CT molecular complexity index is 442. The van der Waals surface area contributed by atoms with E-state index in [0.717, 1.165) is 50.1 Å². The van der Waals surface area contributed by atoms with Crippen LogP contribution in [0.5, 0.6) is 0 Å². The van der Waals surface area contributed by atoms with Crippen LogP contribution in [-0.4, -0.2) is 30.8 Å². The third kappa shape index (κ3) is 4.17. The number of piperidine rings is 1. The molecule has 21 heavy (non-hydrogen) atoms. The van der Waals surface area contributed by atoms with Crippen LogP contribution < -0.4 is 10.2 Å². The van der Waals surface area contributed by atoms with Crippen LogP contribution in [0.1, 0.15) is 38.7 Å². The van der Waals surface area contributed by atoms with Gasteiger partial charge in [-0.1, -0.05) is 13.0 Å². The van der Waals surface area contributed by atoms with Gasteiger partial charge in [0.05, 0.1) is 6.10 Å². The lowest BCUT2D eigenvalue weighted by molar-refractivity contribution is 0.110. The maximum absolute atomic E-state index is 14.1. The third-order valence-electron chi connectivity index (χ3n) is 4.39. The number of hydrogen-bond acceptors (Lipinski definition) is 3. The SMILES string of the molecule is CCCNCc1c(F)cccc1N1CCC(C(C)O)CC1. The molecule has 1 aliphatic heterocycles. The number of rotatable bonds is 6. The summed E-state index contributed by atoms with van der Waals surface area (Å²) in [6.07, 6.45) is 2.74. The van der Waals surface area contributed by atoms with Gasteiger partial charge in [-0.2, -0.15) is 0 Å². The molecule has 1 atom stereocenters. The van der Waals surface area contributed by atoms with Gasteiger partial charge in [-0.3, -0.25) is 0 Å². The molecule has 0 aromatic heterocycles. The second-order valence-electron chi connectivity index (χ2n) is 5.98. The second-order valence-corrected chi connectivity index (χ2v) is 5.98. The van der Waals surface area contributed by atoms with Crippen molar-refractivity contribution in [3.8, 4) is 0 Å². The molecule has 1 heterocycles. The zero-order valence-electron chi connectivity index (χ0n) is 13.1. The van der Waals surface area contributed by atoms with Gasteiger partial charge in [0.1, 0.15) is 5.82 Å². The summed E-state index contributed by atoms with van der Waals surface area (Å²) in [6, 6.07) is 5.33. The summed E-state index contributed by atoms with van der Waals surface area (Å²) >= 11 is 0. The highest BCUT2D eigenvalue weighted by Gasteiger charge is 2.24. The quantitative estimate of drug-likeness (QED) is 0.792. The smallest absolute Gasteiger partial charge is 0.129 e. The van der Waals surface area contributed by atoms with Crippen molar-refractivity contribution in [2.24, 2.45) is 5.92 Å². The molecule has 0 radical (unpaired) electrons. The van der Waals surface area contributed by atoms with E-state index in [2.05, 4.69) is 17.1 Å². The highest BCUT2D eigenvalue weighted by molar-refractivity contribution is 5.54. The summed E-state index contributed by atoms with van der Waals surface area (Å²) < 4.78 is 14.1. The zero-order valence-corrected chi connectivity index (χ0v) is 13.1. The molecule has 2 N–H and O–H groups in total. The first-order chi connectivity index (χ1) is 10.1. The van der Waals surface area contributed by atoms with Crippen molar-refractivity contribution in [3.05, 3.63) is 29.6 Å². The predicted octanol–water partition coefficient (Wildman–Crippen LogP) is 2.92. The highest BCUT2D eigenvalue weighted by Crippen LogP contribution is 2.29. The highest BCUT2D eigenvalue weighted by atomic mass is 19.1. The number of nitrogens with zero attached hydrogens (tertiary/aromatic N) is 1. The average molecular weight is 294 g/mol. The first-order valence-corrected chi connectivity index (χ1v) is 8.04. The molecule has 1 aromatic carbocycles. The molecular weight excluding hydrogens is 267 g/mol. The van der Waals surface area contributed by atoms with Gasteiger partial charge in [0.2, 0.25) is 0 Å². The number of aliphatic hydroxyl groups is 1. The molecule has 1 unspecified atom stereocenters. The Balaban J connectivity index is 2.07. The van der Waals surface area contributed by atoms with Crippen LogP contribution in [0.4, 0.5) is 10.1 Å². The lowest BCUT2D eigenvalue weighted by Gasteiger charge is -2.36. The van der Waals surface area contributed by atoms with E-state index in [0.29, 0.717) is 12.5 Å². The van der Waals surface area contributed by atoms with Gasteiger partial charge in [0, 0.05) is 30.9 Å². The van der Waals surface area contributed by atoms with E-state index >= 15 is 0 Å². The molecule has 4 heteroatoms. The first-order valence-electron chi connectivity index (χ1n) is 8.04. The van der Waals surface area contributed by atoms with Gasteiger partial charge in [-0.15, -0.1) is 0 Å². The molecule has 0 saturated carbocycles. The van der Waals surface area contributed by atoms with E-state index in [-0.39, 0.29) is 11.9 Å². The molecule has 0 aliphatic carbocycles. The number of halogens is 1. The van der Waals surface area contributed by atoms with E-state index in [1.807, 2.05) is 13.0 Å². The minimum Gasteiger partial charge on any atom is -0.393 e. The molecule has 2 rings (SSSR count). The molecule has 0 spiro atoms. The van der Waals surface area contributed by atoms with Crippen LogP contribution in [0.25, 0.3) is 0 Å². The Kier molecular flexibility index (Phi) is 6.00. The summed E-state index contributed by atoms with van der Waals surface area (Å²) in [5.74, 6) is 0.241. The second kappa shape index (κ2) is 7.76. The topological polar surface area (TPSA) is 35.5 Å². The minimum atomic E-state index is -0.245. The molecule has 0 amide bonds. The normalized spacial score (nSPS) is 18.0. The molecule has 1 aliphatic rings. The Morgan fingerprint density at radius 2 is 2.10 bits per heavy atom. The van der Waals surface area contributed by atoms with E-state index < -0.39 is 0 Å². The van der Waals surface area contributed by atoms with Crippen molar-refractivity contribution in [3.63, 3.8) is 0 Å². The summed E-state index contributed by atoms with van der Waals surface area (Å²) in [5, 5.41) is 13.0. The van der Waals surface area contributed by atoms with E-state index in [1.165, 1.54) is 6.07 Å². The van der Waals surface area contributed by atoms with Crippen molar-refractivity contribution >= 4 is 5.69 Å². The Morgan fingerprint density at radius 3 is 2.71 bits per heavy atom. The van der Waals surface area contributed by atoms with Gasteiger partial charge in [-0.05, 0) is 50.8 Å². The van der Waals surface area contributed by atoms with Crippen LogP contribution in [0.3, 0.4) is 0 Å². The number of nitrogens with one attached hydrogen (secondary N) is 1. The number of benzene rings is 1. The fraction of sp³-hybridized carbons (Fsp3) is 0.647. The molecule has 0 bridgehead atoms. The summed E-state index contributed by atoms with van der Waals surface area (Å²) in [6.45, 7) is 7.22. The summed E-state index contributed by atoms with van der Waals surface area (Å²) in [5.41, 5.74) is 1.77. The van der Waals surface area contributed by atoms with Gasteiger partial charge < -0.3 is 15.3 Å². The Hall–Kier alpha value is -1.13. The van der Waals surface area contributed by atoms with Gasteiger partial charge in [-0.25, -0.2) is 4.39 Å². The van der Waals surface area contributed by atoms with Gasteiger partial charge in [0.15, 0.2) is 0 Å². The van der Waals surface area contributed by atoms with Crippen molar-refractivity contribution in [1.29, 1.82) is 0 Å². The Labute approximate surface area is 127 Å². The molecule has 1 fully saturated rings.